The molecule has 0 spiro atoms. The van der Waals surface area contributed by atoms with Gasteiger partial charge in [0.2, 0.25) is 5.95 Å². The van der Waals surface area contributed by atoms with Crippen molar-refractivity contribution >= 4 is 0 Å². The standard InChI is InChI=1S/C16H24N4O/c1-5-6-7-8-9-14-12(3)19-20(13(14)4)16-17-11(2)10-15(21)18-16/h10H,5-9H2,1-4H3,(H,17,18,21). The second-order valence-electron chi connectivity index (χ2n) is 5.58. The number of aromatic amines is 1. The summed E-state index contributed by atoms with van der Waals surface area (Å²) >= 11 is 0. The fourth-order valence-electron chi connectivity index (χ4n) is 2.64. The summed E-state index contributed by atoms with van der Waals surface area (Å²) in [5, 5.41) is 4.55. The number of hydrogen-bond acceptors (Lipinski definition) is 3. The first kappa shape index (κ1) is 15.5. The highest BCUT2D eigenvalue weighted by atomic mass is 16.1. The topological polar surface area (TPSA) is 63.6 Å². The van der Waals surface area contributed by atoms with Crippen molar-refractivity contribution < 1.29 is 0 Å². The van der Waals surface area contributed by atoms with Gasteiger partial charge in [0.25, 0.3) is 5.56 Å². The van der Waals surface area contributed by atoms with Crippen LogP contribution in [0.1, 0.15) is 55.3 Å². The highest BCUT2D eigenvalue weighted by molar-refractivity contribution is 5.29. The summed E-state index contributed by atoms with van der Waals surface area (Å²) in [5.41, 5.74) is 3.92. The molecule has 0 atom stereocenters. The number of hydrogen-bond donors (Lipinski definition) is 1. The molecular weight excluding hydrogens is 264 g/mol. The van der Waals surface area contributed by atoms with E-state index < -0.39 is 0 Å². The van der Waals surface area contributed by atoms with E-state index in [1.807, 2.05) is 20.8 Å². The summed E-state index contributed by atoms with van der Waals surface area (Å²) < 4.78 is 1.75. The van der Waals surface area contributed by atoms with Crippen molar-refractivity contribution in [1.29, 1.82) is 0 Å². The van der Waals surface area contributed by atoms with E-state index >= 15 is 0 Å². The summed E-state index contributed by atoms with van der Waals surface area (Å²) in [6.07, 6.45) is 5.98. The first-order valence-electron chi connectivity index (χ1n) is 7.66. The summed E-state index contributed by atoms with van der Waals surface area (Å²) in [6, 6.07) is 1.49. The smallest absolute Gasteiger partial charge is 0.252 e. The van der Waals surface area contributed by atoms with Crippen molar-refractivity contribution in [3.63, 3.8) is 0 Å². The normalized spacial score (nSPS) is 11.0. The molecule has 0 aliphatic carbocycles. The van der Waals surface area contributed by atoms with Gasteiger partial charge in [-0.2, -0.15) is 5.10 Å². The minimum absolute atomic E-state index is 0.144. The van der Waals surface area contributed by atoms with Crippen LogP contribution in [0, 0.1) is 20.8 Å². The Labute approximate surface area is 125 Å². The first-order valence-corrected chi connectivity index (χ1v) is 7.66. The molecule has 0 amide bonds. The van der Waals surface area contributed by atoms with Gasteiger partial charge < -0.3 is 0 Å². The van der Waals surface area contributed by atoms with E-state index in [1.54, 1.807) is 4.68 Å². The molecule has 5 heteroatoms. The van der Waals surface area contributed by atoms with Gasteiger partial charge in [0.15, 0.2) is 0 Å². The lowest BCUT2D eigenvalue weighted by Gasteiger charge is -2.05. The molecule has 0 saturated carbocycles. The molecule has 0 saturated heterocycles. The predicted octanol–water partition coefficient (Wildman–Crippen LogP) is 3.00. The molecule has 0 aromatic carbocycles. The Morgan fingerprint density at radius 1 is 1.19 bits per heavy atom. The average molecular weight is 288 g/mol. The van der Waals surface area contributed by atoms with E-state index in [4.69, 9.17) is 0 Å². The molecule has 0 radical (unpaired) electrons. The minimum Gasteiger partial charge on any atom is -0.291 e. The maximum absolute atomic E-state index is 11.6. The third-order valence-corrected chi connectivity index (χ3v) is 3.78. The van der Waals surface area contributed by atoms with Gasteiger partial charge in [0.05, 0.1) is 5.69 Å². The number of aromatic nitrogens is 4. The molecule has 0 fully saturated rings. The summed E-state index contributed by atoms with van der Waals surface area (Å²) in [4.78, 5) is 18.7. The largest absolute Gasteiger partial charge is 0.291 e. The molecule has 2 rings (SSSR count). The zero-order valence-electron chi connectivity index (χ0n) is 13.4. The number of nitrogens with one attached hydrogen (secondary N) is 1. The lowest BCUT2D eigenvalue weighted by Crippen LogP contribution is -2.14. The minimum atomic E-state index is -0.144. The van der Waals surface area contributed by atoms with Crippen LogP contribution >= 0.6 is 0 Å². The molecule has 21 heavy (non-hydrogen) atoms. The maximum Gasteiger partial charge on any atom is 0.252 e. The molecule has 2 aromatic heterocycles. The van der Waals surface area contributed by atoms with Crippen LogP contribution in [0.3, 0.4) is 0 Å². The summed E-state index contributed by atoms with van der Waals surface area (Å²) in [6.45, 7) is 8.09. The lowest BCUT2D eigenvalue weighted by atomic mass is 10.0. The van der Waals surface area contributed by atoms with Crippen molar-refractivity contribution in [2.24, 2.45) is 0 Å². The van der Waals surface area contributed by atoms with Crippen LogP contribution in [-0.2, 0) is 6.42 Å². The first-order chi connectivity index (χ1) is 10.0. The molecule has 2 aromatic rings. The molecular formula is C16H24N4O. The highest BCUT2D eigenvalue weighted by Crippen LogP contribution is 2.18. The molecule has 0 bridgehead atoms. The lowest BCUT2D eigenvalue weighted by molar-refractivity contribution is 0.664. The quantitative estimate of drug-likeness (QED) is 0.831. The van der Waals surface area contributed by atoms with Gasteiger partial charge in [-0.3, -0.25) is 9.78 Å². The third-order valence-electron chi connectivity index (χ3n) is 3.78. The van der Waals surface area contributed by atoms with E-state index in [-0.39, 0.29) is 5.56 Å². The summed E-state index contributed by atoms with van der Waals surface area (Å²) in [5.74, 6) is 0.500. The molecule has 2 heterocycles. The second kappa shape index (κ2) is 6.70. The number of rotatable bonds is 6. The zero-order chi connectivity index (χ0) is 15.4. The third kappa shape index (κ3) is 3.60. The van der Waals surface area contributed by atoms with Gasteiger partial charge in [0, 0.05) is 17.5 Å². The monoisotopic (exact) mass is 288 g/mol. The Morgan fingerprint density at radius 3 is 2.62 bits per heavy atom. The second-order valence-corrected chi connectivity index (χ2v) is 5.58. The van der Waals surface area contributed by atoms with Crippen LogP contribution in [0.25, 0.3) is 5.95 Å². The molecule has 1 N–H and O–H groups in total. The number of nitrogens with zero attached hydrogens (tertiary/aromatic N) is 3. The van der Waals surface area contributed by atoms with Crippen LogP contribution in [0.2, 0.25) is 0 Å². The van der Waals surface area contributed by atoms with Crippen LogP contribution in [0.4, 0.5) is 0 Å². The van der Waals surface area contributed by atoms with E-state index in [0.29, 0.717) is 11.6 Å². The molecule has 0 aliphatic rings. The summed E-state index contributed by atoms with van der Waals surface area (Å²) in [7, 11) is 0. The molecule has 114 valence electrons. The van der Waals surface area contributed by atoms with Crippen LogP contribution in [0.15, 0.2) is 10.9 Å². The van der Waals surface area contributed by atoms with Gasteiger partial charge in [-0.25, -0.2) is 9.67 Å². The van der Waals surface area contributed by atoms with E-state index in [2.05, 4.69) is 22.0 Å². The van der Waals surface area contributed by atoms with E-state index in [1.165, 1.54) is 37.3 Å². The van der Waals surface area contributed by atoms with Crippen LogP contribution < -0.4 is 5.56 Å². The predicted molar refractivity (Wildman–Crippen MR) is 84.0 cm³/mol. The number of unbranched alkanes of at least 4 members (excludes halogenated alkanes) is 3. The maximum atomic E-state index is 11.6. The fourth-order valence-corrected chi connectivity index (χ4v) is 2.64. The Hall–Kier alpha value is -1.91. The number of H-pyrrole nitrogens is 1. The van der Waals surface area contributed by atoms with Crippen molar-refractivity contribution in [3.05, 3.63) is 39.1 Å². The van der Waals surface area contributed by atoms with Crippen LogP contribution in [0.5, 0.6) is 0 Å². The molecule has 0 aliphatic heterocycles. The van der Waals surface area contributed by atoms with Gasteiger partial charge in [-0.15, -0.1) is 0 Å². The Balaban J connectivity index is 2.27. The SMILES string of the molecule is CCCCCCc1c(C)nn(-c2nc(C)cc(=O)[nH]2)c1C. The zero-order valence-corrected chi connectivity index (χ0v) is 13.4. The highest BCUT2D eigenvalue weighted by Gasteiger charge is 2.14. The van der Waals surface area contributed by atoms with Crippen molar-refractivity contribution in [2.75, 3.05) is 0 Å². The molecule has 5 nitrogen and oxygen atoms in total. The average Bonchev–Trinajstić information content (AvgIpc) is 2.70. The van der Waals surface area contributed by atoms with Gasteiger partial charge in [0.1, 0.15) is 0 Å². The van der Waals surface area contributed by atoms with Gasteiger partial charge in [-0.05, 0) is 39.2 Å². The van der Waals surface area contributed by atoms with Crippen molar-refractivity contribution in [2.45, 2.75) is 59.8 Å². The van der Waals surface area contributed by atoms with Gasteiger partial charge >= 0.3 is 0 Å². The van der Waals surface area contributed by atoms with Crippen LogP contribution in [-0.4, -0.2) is 19.7 Å². The van der Waals surface area contributed by atoms with Gasteiger partial charge in [-0.1, -0.05) is 26.2 Å². The van der Waals surface area contributed by atoms with E-state index in [0.717, 1.165) is 17.8 Å². The fraction of sp³-hybridized carbons (Fsp3) is 0.562. The number of aryl methyl sites for hydroxylation is 2. The van der Waals surface area contributed by atoms with Crippen molar-refractivity contribution in [3.8, 4) is 5.95 Å². The Kier molecular flexibility index (Phi) is 4.94. The van der Waals surface area contributed by atoms with E-state index in [9.17, 15) is 4.79 Å². The Morgan fingerprint density at radius 2 is 1.95 bits per heavy atom. The van der Waals surface area contributed by atoms with Crippen molar-refractivity contribution in [1.82, 2.24) is 19.7 Å². The molecule has 0 unspecified atom stereocenters. The Bertz CT molecular complexity index is 669.